The highest BCUT2D eigenvalue weighted by Gasteiger charge is 2.40. The zero-order valence-corrected chi connectivity index (χ0v) is 24.3. The largest absolute Gasteiger partial charge is 0.375 e. The number of hydrogen-bond acceptors (Lipinski definition) is 0. The van der Waals surface area contributed by atoms with Gasteiger partial charge in [-0.3, -0.25) is 0 Å². The number of hydrogen-bond donors (Lipinski definition) is 0. The lowest BCUT2D eigenvalue weighted by molar-refractivity contribution is 1.00. The Morgan fingerprint density at radius 2 is 1.20 bits per heavy atom. The van der Waals surface area contributed by atoms with Gasteiger partial charge in [0.05, 0.1) is 0 Å². The molecule has 1 aromatic heterocycles. The van der Waals surface area contributed by atoms with Crippen molar-refractivity contribution in [2.75, 3.05) is 0 Å². The lowest BCUT2D eigenvalue weighted by Gasteiger charge is -2.35. The number of allylic oxidation sites excluding steroid dienone is 4. The summed E-state index contributed by atoms with van der Waals surface area (Å²) in [7, 11) is 0. The predicted octanol–water partition coefficient (Wildman–Crippen LogP) is 10.2. The molecule has 0 N–H and O–H groups in total. The monoisotopic (exact) mass is 557 g/mol. The molecule has 0 unspecified atom stereocenters. The molecule has 10 rings (SSSR count). The molecule has 0 saturated carbocycles. The highest BCUT2D eigenvalue weighted by atomic mass is 14.9. The van der Waals surface area contributed by atoms with Gasteiger partial charge in [-0.25, -0.2) is 0 Å². The first-order valence-corrected chi connectivity index (χ1v) is 15.7. The highest BCUT2D eigenvalue weighted by molar-refractivity contribution is 6.83. The van der Waals surface area contributed by atoms with Crippen LogP contribution in [0.2, 0.25) is 0 Å². The van der Waals surface area contributed by atoms with E-state index in [1.54, 1.807) is 5.47 Å². The van der Waals surface area contributed by atoms with Crippen molar-refractivity contribution in [3.05, 3.63) is 157 Å². The number of benzene rings is 6. The van der Waals surface area contributed by atoms with Gasteiger partial charge in [-0.15, -0.1) is 0 Å². The summed E-state index contributed by atoms with van der Waals surface area (Å²) in [5, 5.41) is 2.70. The summed E-state index contributed by atoms with van der Waals surface area (Å²) >= 11 is 0. The Balaban J connectivity index is 1.33. The van der Waals surface area contributed by atoms with Crippen molar-refractivity contribution in [3.63, 3.8) is 0 Å². The van der Waals surface area contributed by atoms with Crippen molar-refractivity contribution < 1.29 is 0 Å². The maximum absolute atomic E-state index is 2.69. The summed E-state index contributed by atoms with van der Waals surface area (Å²) in [6.07, 6.45) is 6.98. The Labute approximate surface area is 257 Å². The summed E-state index contributed by atoms with van der Waals surface area (Å²) in [4.78, 5) is 0. The zero-order chi connectivity index (χ0) is 28.8. The first-order valence-electron chi connectivity index (χ1n) is 15.7. The van der Waals surface area contributed by atoms with Crippen LogP contribution in [-0.2, 0) is 0 Å². The molecule has 7 aromatic rings. The molecule has 0 amide bonds. The quantitative estimate of drug-likeness (QED) is 0.191. The molecule has 3 heterocycles. The van der Waals surface area contributed by atoms with Crippen molar-refractivity contribution >= 4 is 39.7 Å². The van der Waals surface area contributed by atoms with Gasteiger partial charge in [0.15, 0.2) is 0 Å². The molecule has 0 atom stereocenters. The number of aromatic nitrogens is 1. The van der Waals surface area contributed by atoms with E-state index < -0.39 is 0 Å². The molecule has 3 aliphatic rings. The van der Waals surface area contributed by atoms with Crippen LogP contribution in [0, 0.1) is 0 Å². The van der Waals surface area contributed by atoms with E-state index in [0.29, 0.717) is 0 Å². The van der Waals surface area contributed by atoms with Gasteiger partial charge in [0.1, 0.15) is 0 Å². The second-order valence-electron chi connectivity index (χ2n) is 12.4. The van der Waals surface area contributed by atoms with E-state index in [4.69, 9.17) is 0 Å². The van der Waals surface area contributed by atoms with E-state index in [1.165, 1.54) is 82.9 Å². The van der Waals surface area contributed by atoms with E-state index in [-0.39, 0.29) is 6.85 Å². The summed E-state index contributed by atoms with van der Waals surface area (Å²) in [5.74, 6) is 0. The number of para-hydroxylation sites is 1. The standard InChI is InChI=1S/C42H28BN/c1-3-12-27(13-4-1)29-22-23-31(28-14-5-2-6-15-28)36(24-29)30-25-37-33-17-8-10-21-40(33)43-39-20-9-7-16-32(39)34-18-11-19-35-38(26-30)42(37)44(43)41(34)35/h1-9,11-20,22-26H,10,21H2. The lowest BCUT2D eigenvalue weighted by atomic mass is 9.43. The average molecular weight is 558 g/mol. The predicted molar refractivity (Wildman–Crippen MR) is 187 cm³/mol. The second kappa shape index (κ2) is 9.08. The van der Waals surface area contributed by atoms with Crippen LogP contribution in [-0.4, -0.2) is 11.3 Å². The normalized spacial score (nSPS) is 14.4. The van der Waals surface area contributed by atoms with E-state index in [0.717, 1.165) is 12.8 Å². The van der Waals surface area contributed by atoms with Crippen molar-refractivity contribution in [2.24, 2.45) is 0 Å². The van der Waals surface area contributed by atoms with Crippen LogP contribution >= 0.6 is 0 Å². The van der Waals surface area contributed by atoms with Gasteiger partial charge >= 0.3 is 6.85 Å². The van der Waals surface area contributed by atoms with Crippen LogP contribution in [0.1, 0.15) is 18.4 Å². The smallest absolute Gasteiger partial charge is 0.325 e. The van der Waals surface area contributed by atoms with E-state index in [1.807, 2.05) is 0 Å². The number of nitrogens with zero attached hydrogens (tertiary/aromatic N) is 1. The van der Waals surface area contributed by atoms with Crippen LogP contribution in [0.15, 0.2) is 151 Å². The fourth-order valence-electron chi connectivity index (χ4n) is 8.22. The third kappa shape index (κ3) is 3.26. The molecular formula is C42H28BN. The van der Waals surface area contributed by atoms with Crippen molar-refractivity contribution in [1.29, 1.82) is 0 Å². The Bertz CT molecular complexity index is 2370. The average Bonchev–Trinajstić information content (AvgIpc) is 3.44. The Kier molecular flexibility index (Phi) is 4.98. The number of rotatable bonds is 3. The second-order valence-corrected chi connectivity index (χ2v) is 12.4. The van der Waals surface area contributed by atoms with E-state index in [9.17, 15) is 0 Å². The van der Waals surface area contributed by atoms with Crippen LogP contribution in [0.25, 0.3) is 71.9 Å². The minimum Gasteiger partial charge on any atom is -0.375 e. The Hall–Kier alpha value is -5.34. The molecule has 1 nitrogen and oxygen atoms in total. The van der Waals surface area contributed by atoms with Crippen LogP contribution in [0.4, 0.5) is 0 Å². The molecule has 1 aliphatic carbocycles. The molecule has 0 radical (unpaired) electrons. The van der Waals surface area contributed by atoms with Gasteiger partial charge in [0, 0.05) is 32.9 Å². The van der Waals surface area contributed by atoms with Crippen molar-refractivity contribution in [3.8, 4) is 44.5 Å². The minimum absolute atomic E-state index is 0.251. The Morgan fingerprint density at radius 1 is 0.477 bits per heavy atom. The molecule has 0 spiro atoms. The van der Waals surface area contributed by atoms with E-state index in [2.05, 4.69) is 150 Å². The topological polar surface area (TPSA) is 4.93 Å². The van der Waals surface area contributed by atoms with Gasteiger partial charge in [-0.1, -0.05) is 133 Å². The molecule has 0 bridgehead atoms. The third-order valence-corrected chi connectivity index (χ3v) is 10.1. The molecule has 204 valence electrons. The van der Waals surface area contributed by atoms with Gasteiger partial charge in [0.25, 0.3) is 0 Å². The molecular weight excluding hydrogens is 529 g/mol. The fourth-order valence-corrected chi connectivity index (χ4v) is 8.22. The van der Waals surface area contributed by atoms with Gasteiger partial charge in [-0.2, -0.15) is 0 Å². The van der Waals surface area contributed by atoms with Gasteiger partial charge in [0.2, 0.25) is 0 Å². The SMILES string of the molecule is C1=CC2=C(CC1)B1c3ccccc3-c3cccc4c5cc(-c6cc(-c7ccccc7)ccc6-c6ccccc6)cc2c5n1c34. The lowest BCUT2D eigenvalue weighted by Crippen LogP contribution is -2.45. The maximum atomic E-state index is 2.69. The molecule has 0 saturated heterocycles. The summed E-state index contributed by atoms with van der Waals surface area (Å²) in [5.41, 5.74) is 18.8. The number of fused-ring (bicyclic) bond motifs is 6. The minimum atomic E-state index is 0.251. The van der Waals surface area contributed by atoms with Crippen LogP contribution < -0.4 is 5.46 Å². The molecule has 2 aliphatic heterocycles. The molecule has 6 aromatic carbocycles. The van der Waals surface area contributed by atoms with E-state index >= 15 is 0 Å². The molecule has 2 heteroatoms. The Morgan fingerprint density at radius 3 is 2.07 bits per heavy atom. The highest BCUT2D eigenvalue weighted by Crippen LogP contribution is 2.49. The molecule has 44 heavy (non-hydrogen) atoms. The summed E-state index contributed by atoms with van der Waals surface area (Å²) in [6.45, 7) is 0.251. The molecule has 0 fully saturated rings. The fraction of sp³-hybridized carbons (Fsp3) is 0.0476. The first kappa shape index (κ1) is 24.1. The summed E-state index contributed by atoms with van der Waals surface area (Å²) in [6, 6.07) is 49.6. The van der Waals surface area contributed by atoms with Gasteiger partial charge < -0.3 is 4.48 Å². The zero-order valence-electron chi connectivity index (χ0n) is 24.3. The summed E-state index contributed by atoms with van der Waals surface area (Å²) < 4.78 is 2.69. The maximum Gasteiger partial charge on any atom is 0.325 e. The van der Waals surface area contributed by atoms with Gasteiger partial charge in [-0.05, 0) is 81.0 Å². The van der Waals surface area contributed by atoms with Crippen LogP contribution in [0.3, 0.4) is 0 Å². The van der Waals surface area contributed by atoms with Crippen LogP contribution in [0.5, 0.6) is 0 Å². The van der Waals surface area contributed by atoms with Crippen molar-refractivity contribution in [1.82, 2.24) is 4.48 Å². The van der Waals surface area contributed by atoms with Crippen molar-refractivity contribution in [2.45, 2.75) is 12.8 Å². The first-order chi connectivity index (χ1) is 21.8. The third-order valence-electron chi connectivity index (χ3n) is 10.1.